The van der Waals surface area contributed by atoms with Crippen molar-refractivity contribution in [1.29, 1.82) is 0 Å². The van der Waals surface area contributed by atoms with Gasteiger partial charge in [-0.3, -0.25) is 4.79 Å². The maximum atomic E-state index is 13.7. The third-order valence-corrected chi connectivity index (χ3v) is 4.89. The number of nitrogens with zero attached hydrogens (tertiary/aromatic N) is 2. The second-order valence-electron chi connectivity index (χ2n) is 6.21. The lowest BCUT2D eigenvalue weighted by molar-refractivity contribution is -0.312. The summed E-state index contributed by atoms with van der Waals surface area (Å²) < 4.78 is 41.0. The molecule has 130 valence electrons. The fourth-order valence-corrected chi connectivity index (χ4v) is 3.64. The summed E-state index contributed by atoms with van der Waals surface area (Å²) >= 11 is 6.00. The number of hydrazone groups is 1. The number of aliphatic hydroxyl groups is 1. The molecule has 0 radical (unpaired) electrons. The first-order chi connectivity index (χ1) is 11.2. The van der Waals surface area contributed by atoms with Crippen molar-refractivity contribution in [2.45, 2.75) is 44.5 Å². The van der Waals surface area contributed by atoms with E-state index in [4.69, 9.17) is 11.6 Å². The van der Waals surface area contributed by atoms with Gasteiger partial charge in [-0.15, -0.1) is 0 Å². The topological polar surface area (TPSA) is 52.9 Å². The Hall–Kier alpha value is -1.60. The number of rotatable bonds is 1. The van der Waals surface area contributed by atoms with E-state index in [0.717, 1.165) is 5.56 Å². The highest BCUT2D eigenvalue weighted by Crippen LogP contribution is 2.48. The van der Waals surface area contributed by atoms with Crippen LogP contribution in [0.25, 0.3) is 0 Å². The van der Waals surface area contributed by atoms with Crippen LogP contribution in [0.1, 0.15) is 41.6 Å². The number of fused-ring (bicyclic) bond motifs is 1. The largest absolute Gasteiger partial charge is 0.439 e. The lowest BCUT2D eigenvalue weighted by atomic mass is 9.80. The molecule has 0 saturated heterocycles. The number of aryl methyl sites for hydroxylation is 1. The molecule has 24 heavy (non-hydrogen) atoms. The van der Waals surface area contributed by atoms with Crippen LogP contribution in [0.15, 0.2) is 23.3 Å². The lowest BCUT2D eigenvalue weighted by Crippen LogP contribution is -2.61. The molecular formula is C16H16ClF3N2O2. The fraction of sp³-hybridized carbons (Fsp3) is 0.500. The highest BCUT2D eigenvalue weighted by Gasteiger charge is 2.68. The molecule has 8 heteroatoms. The first-order valence-electron chi connectivity index (χ1n) is 7.63. The van der Waals surface area contributed by atoms with Gasteiger partial charge in [-0.05, 0) is 43.9 Å². The minimum Gasteiger partial charge on any atom is -0.362 e. The number of halogens is 4. The molecule has 1 saturated carbocycles. The van der Waals surface area contributed by atoms with E-state index in [2.05, 4.69) is 5.10 Å². The Morgan fingerprint density at radius 2 is 2.12 bits per heavy atom. The highest BCUT2D eigenvalue weighted by atomic mass is 35.5. The summed E-state index contributed by atoms with van der Waals surface area (Å²) in [4.78, 5) is 12.7. The van der Waals surface area contributed by atoms with Crippen molar-refractivity contribution < 1.29 is 23.1 Å². The van der Waals surface area contributed by atoms with E-state index in [1.54, 1.807) is 13.0 Å². The van der Waals surface area contributed by atoms with Gasteiger partial charge in [0.15, 0.2) is 0 Å². The molecule has 1 amide bonds. The number of hydrogen-bond donors (Lipinski definition) is 1. The van der Waals surface area contributed by atoms with E-state index in [1.807, 2.05) is 0 Å². The summed E-state index contributed by atoms with van der Waals surface area (Å²) in [6.45, 7) is 1.75. The standard InChI is InChI=1S/C16H16ClF3N2O2/c1-9-6-7-10(12(17)8-9)14(23)22-15(24,16(18,19)20)11-4-2-3-5-13(11)21-22/h6-8,11,24H,2-5H2,1H3/t11-,15-/m1/s1. The molecule has 0 aromatic heterocycles. The summed E-state index contributed by atoms with van der Waals surface area (Å²) in [5, 5.41) is 14.5. The van der Waals surface area contributed by atoms with Crippen LogP contribution < -0.4 is 0 Å². The van der Waals surface area contributed by atoms with Crippen LogP contribution in [0.5, 0.6) is 0 Å². The number of hydrogen-bond acceptors (Lipinski definition) is 3. The van der Waals surface area contributed by atoms with Gasteiger partial charge in [-0.25, -0.2) is 0 Å². The maximum Gasteiger partial charge on any atom is 0.439 e. The Balaban J connectivity index is 2.07. The van der Waals surface area contributed by atoms with Crippen molar-refractivity contribution in [3.8, 4) is 0 Å². The highest BCUT2D eigenvalue weighted by molar-refractivity contribution is 6.34. The Morgan fingerprint density at radius 1 is 1.42 bits per heavy atom. The van der Waals surface area contributed by atoms with E-state index in [1.165, 1.54) is 12.1 Å². The molecule has 1 fully saturated rings. The molecule has 0 unspecified atom stereocenters. The van der Waals surface area contributed by atoms with E-state index in [0.29, 0.717) is 19.3 Å². The van der Waals surface area contributed by atoms with Gasteiger partial charge in [-0.2, -0.15) is 23.3 Å². The molecule has 1 heterocycles. The maximum absolute atomic E-state index is 13.7. The molecule has 2 atom stereocenters. The van der Waals surface area contributed by atoms with Gasteiger partial charge < -0.3 is 5.11 Å². The number of carbonyl (C=O) groups is 1. The quantitative estimate of drug-likeness (QED) is 0.825. The van der Waals surface area contributed by atoms with Crippen molar-refractivity contribution in [2.24, 2.45) is 11.0 Å². The van der Waals surface area contributed by atoms with Gasteiger partial charge in [0.05, 0.1) is 16.5 Å². The van der Waals surface area contributed by atoms with Crippen LogP contribution in [-0.4, -0.2) is 33.6 Å². The monoisotopic (exact) mass is 360 g/mol. The molecule has 1 aliphatic heterocycles. The van der Waals surface area contributed by atoms with Crippen molar-refractivity contribution in [2.75, 3.05) is 0 Å². The third-order valence-electron chi connectivity index (χ3n) is 4.58. The zero-order chi connectivity index (χ0) is 17.7. The zero-order valence-corrected chi connectivity index (χ0v) is 13.7. The van der Waals surface area contributed by atoms with Crippen LogP contribution >= 0.6 is 11.6 Å². The average molecular weight is 361 g/mol. The molecule has 1 N–H and O–H groups in total. The predicted molar refractivity (Wildman–Crippen MR) is 82.8 cm³/mol. The van der Waals surface area contributed by atoms with Crippen LogP contribution in [-0.2, 0) is 0 Å². The first kappa shape index (κ1) is 17.2. The van der Waals surface area contributed by atoms with Crippen LogP contribution in [0, 0.1) is 12.8 Å². The van der Waals surface area contributed by atoms with Crippen LogP contribution in [0.3, 0.4) is 0 Å². The summed E-state index contributed by atoms with van der Waals surface area (Å²) in [7, 11) is 0. The summed E-state index contributed by atoms with van der Waals surface area (Å²) in [5.41, 5.74) is -2.46. The van der Waals surface area contributed by atoms with E-state index >= 15 is 0 Å². The molecule has 0 spiro atoms. The van der Waals surface area contributed by atoms with Gasteiger partial charge >= 0.3 is 6.18 Å². The van der Waals surface area contributed by atoms with Crippen LogP contribution in [0.2, 0.25) is 5.02 Å². The smallest absolute Gasteiger partial charge is 0.362 e. The molecule has 2 aliphatic rings. The van der Waals surface area contributed by atoms with E-state index in [-0.39, 0.29) is 27.7 Å². The summed E-state index contributed by atoms with van der Waals surface area (Å²) in [5.74, 6) is -2.28. The van der Waals surface area contributed by atoms with Gasteiger partial charge in [0, 0.05) is 5.71 Å². The lowest BCUT2D eigenvalue weighted by Gasteiger charge is -2.38. The molecular weight excluding hydrogens is 345 g/mol. The first-order valence-corrected chi connectivity index (χ1v) is 8.01. The fourth-order valence-electron chi connectivity index (χ4n) is 3.33. The minimum absolute atomic E-state index is 0.0274. The van der Waals surface area contributed by atoms with Gasteiger partial charge in [0.2, 0.25) is 0 Å². The number of amides is 1. The van der Waals surface area contributed by atoms with Crippen molar-refractivity contribution in [3.05, 3.63) is 34.3 Å². The van der Waals surface area contributed by atoms with Crippen molar-refractivity contribution in [1.82, 2.24) is 5.01 Å². The van der Waals surface area contributed by atoms with Gasteiger partial charge in [-0.1, -0.05) is 24.1 Å². The van der Waals surface area contributed by atoms with Crippen molar-refractivity contribution in [3.63, 3.8) is 0 Å². The normalized spacial score (nSPS) is 27.0. The van der Waals surface area contributed by atoms with Crippen LogP contribution in [0.4, 0.5) is 13.2 Å². The summed E-state index contributed by atoms with van der Waals surface area (Å²) in [6, 6.07) is 4.40. The molecule has 0 bridgehead atoms. The summed E-state index contributed by atoms with van der Waals surface area (Å²) in [6.07, 6.45) is -3.30. The molecule has 1 aliphatic carbocycles. The second-order valence-corrected chi connectivity index (χ2v) is 6.62. The molecule has 1 aromatic carbocycles. The SMILES string of the molecule is Cc1ccc(C(=O)N2N=C3CCCC[C@H]3[C@@]2(O)C(F)(F)F)c(Cl)c1. The Kier molecular flexibility index (Phi) is 4.12. The Bertz CT molecular complexity index is 720. The van der Waals surface area contributed by atoms with Gasteiger partial charge in [0.25, 0.3) is 11.6 Å². The third kappa shape index (κ3) is 2.50. The number of carbonyl (C=O) groups excluding carboxylic acids is 1. The zero-order valence-electron chi connectivity index (χ0n) is 12.9. The Labute approximate surface area is 141 Å². The molecule has 1 aromatic rings. The minimum atomic E-state index is -5.02. The van der Waals surface area contributed by atoms with Gasteiger partial charge in [0.1, 0.15) is 0 Å². The second kappa shape index (κ2) is 5.74. The molecule has 3 rings (SSSR count). The van der Waals surface area contributed by atoms with E-state index < -0.39 is 23.7 Å². The number of alkyl halides is 3. The predicted octanol–water partition coefficient (Wildman–Crippen LogP) is 3.90. The Morgan fingerprint density at radius 3 is 2.75 bits per heavy atom. The van der Waals surface area contributed by atoms with Crippen molar-refractivity contribution >= 4 is 23.2 Å². The van der Waals surface area contributed by atoms with E-state index in [9.17, 15) is 23.1 Å². The average Bonchev–Trinajstić information content (AvgIpc) is 2.81. The molecule has 4 nitrogen and oxygen atoms in total. The number of benzene rings is 1.